The predicted molar refractivity (Wildman–Crippen MR) is 91.4 cm³/mol. The van der Waals surface area contributed by atoms with E-state index in [1.54, 1.807) is 0 Å². The molecule has 0 fully saturated rings. The maximum Gasteiger partial charge on any atom is 0.0109 e. The Morgan fingerprint density at radius 1 is 1.05 bits per heavy atom. The van der Waals surface area contributed by atoms with Crippen LogP contribution in [0.15, 0.2) is 0 Å². The van der Waals surface area contributed by atoms with Crippen molar-refractivity contribution in [2.24, 2.45) is 11.3 Å². The van der Waals surface area contributed by atoms with Crippen LogP contribution in [0.1, 0.15) is 48.0 Å². The van der Waals surface area contributed by atoms with Crippen molar-refractivity contribution in [1.82, 2.24) is 15.1 Å². The smallest absolute Gasteiger partial charge is 0.0109 e. The zero-order valence-corrected chi connectivity index (χ0v) is 15.3. The van der Waals surface area contributed by atoms with Crippen molar-refractivity contribution in [3.63, 3.8) is 0 Å². The van der Waals surface area contributed by atoms with Crippen LogP contribution in [0.25, 0.3) is 0 Å². The lowest BCUT2D eigenvalue weighted by molar-refractivity contribution is 0.132. The average Bonchev–Trinajstić information content (AvgIpc) is 2.33. The number of likely N-dealkylation sites (N-methyl/N-ethyl adjacent to an activating group) is 1. The highest BCUT2D eigenvalue weighted by Gasteiger charge is 2.25. The van der Waals surface area contributed by atoms with Crippen molar-refractivity contribution >= 4 is 0 Å². The molecule has 0 aromatic carbocycles. The van der Waals surface area contributed by atoms with Gasteiger partial charge in [-0.25, -0.2) is 0 Å². The maximum absolute atomic E-state index is 3.62. The van der Waals surface area contributed by atoms with Crippen LogP contribution in [-0.4, -0.2) is 62.7 Å². The van der Waals surface area contributed by atoms with Crippen LogP contribution >= 0.6 is 0 Å². The third-order valence-corrected chi connectivity index (χ3v) is 3.88. The molecular weight excluding hydrogens is 246 g/mol. The standard InChI is InChI=1S/C17H39N3/c1-9-17(6,13-18-16(4)5)14-20(12-15(2)3)11-10-19(7)8/h15-16,18H,9-14H2,1-8H3. The Bertz CT molecular complexity index is 238. The Kier molecular flexibility index (Phi) is 9.69. The molecule has 1 unspecified atom stereocenters. The van der Waals surface area contributed by atoms with Crippen LogP contribution < -0.4 is 5.32 Å². The fourth-order valence-electron chi connectivity index (χ4n) is 2.38. The molecule has 0 heterocycles. The zero-order valence-electron chi connectivity index (χ0n) is 15.3. The normalized spacial score (nSPS) is 15.6. The molecule has 3 heteroatoms. The minimum atomic E-state index is 0.367. The highest BCUT2D eigenvalue weighted by Crippen LogP contribution is 2.22. The van der Waals surface area contributed by atoms with E-state index in [0.29, 0.717) is 11.5 Å². The van der Waals surface area contributed by atoms with Gasteiger partial charge in [-0.15, -0.1) is 0 Å². The summed E-state index contributed by atoms with van der Waals surface area (Å²) in [5.74, 6) is 0.733. The lowest BCUT2D eigenvalue weighted by atomic mass is 9.86. The Morgan fingerprint density at radius 2 is 1.65 bits per heavy atom. The summed E-state index contributed by atoms with van der Waals surface area (Å²) in [5.41, 5.74) is 0.367. The van der Waals surface area contributed by atoms with Gasteiger partial charge in [0.1, 0.15) is 0 Å². The van der Waals surface area contributed by atoms with E-state index in [2.05, 4.69) is 70.8 Å². The molecule has 0 spiro atoms. The number of hydrogen-bond acceptors (Lipinski definition) is 3. The molecule has 1 N–H and O–H groups in total. The van der Waals surface area contributed by atoms with Gasteiger partial charge in [0.25, 0.3) is 0 Å². The average molecular weight is 286 g/mol. The van der Waals surface area contributed by atoms with E-state index in [0.717, 1.165) is 19.0 Å². The van der Waals surface area contributed by atoms with E-state index < -0.39 is 0 Å². The summed E-state index contributed by atoms with van der Waals surface area (Å²) in [6.45, 7) is 19.6. The maximum atomic E-state index is 3.62. The molecule has 0 aliphatic heterocycles. The van der Waals surface area contributed by atoms with Gasteiger partial charge in [-0.3, -0.25) is 0 Å². The van der Waals surface area contributed by atoms with E-state index in [4.69, 9.17) is 0 Å². The third-order valence-electron chi connectivity index (χ3n) is 3.88. The number of nitrogens with zero attached hydrogens (tertiary/aromatic N) is 2. The van der Waals surface area contributed by atoms with Crippen molar-refractivity contribution in [2.75, 3.05) is 46.8 Å². The molecular formula is C17H39N3. The number of hydrogen-bond donors (Lipinski definition) is 1. The molecule has 0 radical (unpaired) electrons. The quantitative estimate of drug-likeness (QED) is 0.630. The second-order valence-electron chi connectivity index (χ2n) is 7.63. The van der Waals surface area contributed by atoms with Crippen molar-refractivity contribution in [2.45, 2.75) is 54.0 Å². The zero-order chi connectivity index (χ0) is 15.8. The van der Waals surface area contributed by atoms with E-state index in [9.17, 15) is 0 Å². The van der Waals surface area contributed by atoms with Crippen molar-refractivity contribution < 1.29 is 0 Å². The van der Waals surface area contributed by atoms with Crippen LogP contribution in [0, 0.1) is 11.3 Å². The van der Waals surface area contributed by atoms with Crippen LogP contribution in [-0.2, 0) is 0 Å². The summed E-state index contributed by atoms with van der Waals surface area (Å²) >= 11 is 0. The van der Waals surface area contributed by atoms with Gasteiger partial charge in [0.2, 0.25) is 0 Å². The molecule has 20 heavy (non-hydrogen) atoms. The van der Waals surface area contributed by atoms with Crippen LogP contribution in [0.4, 0.5) is 0 Å². The van der Waals surface area contributed by atoms with Gasteiger partial charge in [-0.1, -0.05) is 41.5 Å². The summed E-state index contributed by atoms with van der Waals surface area (Å²) in [5, 5.41) is 3.62. The first-order valence-electron chi connectivity index (χ1n) is 8.29. The molecule has 1 atom stereocenters. The van der Waals surface area contributed by atoms with Crippen LogP contribution in [0.2, 0.25) is 0 Å². The molecule has 0 rings (SSSR count). The minimum Gasteiger partial charge on any atom is -0.314 e. The van der Waals surface area contributed by atoms with Gasteiger partial charge in [-0.2, -0.15) is 0 Å². The summed E-state index contributed by atoms with van der Waals surface area (Å²) < 4.78 is 0. The molecule has 3 nitrogen and oxygen atoms in total. The number of rotatable bonds is 11. The van der Waals surface area contributed by atoms with Crippen LogP contribution in [0.5, 0.6) is 0 Å². The summed E-state index contributed by atoms with van der Waals surface area (Å²) in [6.07, 6.45) is 1.23. The Morgan fingerprint density at radius 3 is 2.05 bits per heavy atom. The van der Waals surface area contributed by atoms with Gasteiger partial charge < -0.3 is 15.1 Å². The van der Waals surface area contributed by atoms with E-state index in [1.165, 1.54) is 26.1 Å². The molecule has 0 aliphatic carbocycles. The van der Waals surface area contributed by atoms with Crippen molar-refractivity contribution in [3.05, 3.63) is 0 Å². The Hall–Kier alpha value is -0.120. The molecule has 0 saturated carbocycles. The fraction of sp³-hybridized carbons (Fsp3) is 1.00. The van der Waals surface area contributed by atoms with Gasteiger partial charge in [0.15, 0.2) is 0 Å². The molecule has 122 valence electrons. The van der Waals surface area contributed by atoms with E-state index in [-0.39, 0.29) is 0 Å². The second kappa shape index (κ2) is 9.75. The number of nitrogens with one attached hydrogen (secondary N) is 1. The topological polar surface area (TPSA) is 18.5 Å². The first-order valence-corrected chi connectivity index (χ1v) is 8.29. The van der Waals surface area contributed by atoms with Gasteiger partial charge in [0, 0.05) is 38.8 Å². The second-order valence-corrected chi connectivity index (χ2v) is 7.63. The van der Waals surface area contributed by atoms with Crippen molar-refractivity contribution in [1.29, 1.82) is 0 Å². The minimum absolute atomic E-state index is 0.367. The molecule has 0 aromatic heterocycles. The van der Waals surface area contributed by atoms with Gasteiger partial charge in [0.05, 0.1) is 0 Å². The first-order chi connectivity index (χ1) is 9.18. The van der Waals surface area contributed by atoms with E-state index in [1.807, 2.05) is 0 Å². The molecule has 0 bridgehead atoms. The van der Waals surface area contributed by atoms with Crippen molar-refractivity contribution in [3.8, 4) is 0 Å². The van der Waals surface area contributed by atoms with Gasteiger partial charge in [-0.05, 0) is 31.8 Å². The highest BCUT2D eigenvalue weighted by atomic mass is 15.2. The SMILES string of the molecule is CCC(C)(CNC(C)C)CN(CCN(C)C)CC(C)C. The Balaban J connectivity index is 4.54. The summed E-state index contributed by atoms with van der Waals surface area (Å²) in [7, 11) is 4.32. The molecule has 0 saturated heterocycles. The first kappa shape index (κ1) is 19.9. The predicted octanol–water partition coefficient (Wildman–Crippen LogP) is 2.92. The lowest BCUT2D eigenvalue weighted by Crippen LogP contribution is -2.46. The molecule has 0 aliphatic rings. The largest absolute Gasteiger partial charge is 0.314 e. The highest BCUT2D eigenvalue weighted by molar-refractivity contribution is 4.81. The van der Waals surface area contributed by atoms with E-state index >= 15 is 0 Å². The fourth-order valence-corrected chi connectivity index (χ4v) is 2.38. The third kappa shape index (κ3) is 9.73. The molecule has 0 amide bonds. The Labute approximate surface area is 128 Å². The van der Waals surface area contributed by atoms with Gasteiger partial charge >= 0.3 is 0 Å². The summed E-state index contributed by atoms with van der Waals surface area (Å²) in [6, 6.07) is 0.571. The van der Waals surface area contributed by atoms with Crippen LogP contribution in [0.3, 0.4) is 0 Å². The molecule has 0 aromatic rings. The lowest BCUT2D eigenvalue weighted by Gasteiger charge is -2.37. The summed E-state index contributed by atoms with van der Waals surface area (Å²) in [4.78, 5) is 4.93. The monoisotopic (exact) mass is 285 g/mol.